The average Bonchev–Trinajstić information content (AvgIpc) is 1.90. The van der Waals surface area contributed by atoms with Crippen LogP contribution in [0.2, 0.25) is 0 Å². The molecule has 0 radical (unpaired) electrons. The van der Waals surface area contributed by atoms with Gasteiger partial charge >= 0.3 is 0 Å². The quantitative estimate of drug-likeness (QED) is 0.487. The smallest absolute Gasteiger partial charge is 0.213 e. The Bertz CT molecular complexity index is 98.7. The van der Waals surface area contributed by atoms with E-state index in [0.717, 1.165) is 0 Å². The van der Waals surface area contributed by atoms with E-state index in [4.69, 9.17) is 5.11 Å². The van der Waals surface area contributed by atoms with Crippen LogP contribution in [0.5, 0.6) is 0 Å². The van der Waals surface area contributed by atoms with E-state index in [1.807, 2.05) is 0 Å². The molecule has 1 heterocycles. The maximum atomic E-state index is 9.73. The molecule has 9 heavy (non-hydrogen) atoms. The summed E-state index contributed by atoms with van der Waals surface area (Å²) in [6.45, 7) is 0.0705. The van der Waals surface area contributed by atoms with E-state index in [1.165, 1.54) is 0 Å². The van der Waals surface area contributed by atoms with Crippen molar-refractivity contribution in [3.63, 3.8) is 0 Å². The predicted molar refractivity (Wildman–Crippen MR) is 27.5 cm³/mol. The molecule has 5 nitrogen and oxygen atoms in total. The second-order valence-electron chi connectivity index (χ2n) is 1.68. The summed E-state index contributed by atoms with van der Waals surface area (Å²) in [5, 5.41) is 11.2. The molecule has 1 rings (SSSR count). The summed E-state index contributed by atoms with van der Waals surface area (Å²) in [6.07, 6.45) is -1.64. The molecule has 0 aromatic heterocycles. The summed E-state index contributed by atoms with van der Waals surface area (Å²) < 4.78 is 9.30. The van der Waals surface area contributed by atoms with Crippen molar-refractivity contribution < 1.29 is 14.6 Å². The van der Waals surface area contributed by atoms with Crippen molar-refractivity contribution in [3.8, 4) is 0 Å². The zero-order valence-corrected chi connectivity index (χ0v) is 4.69. The van der Waals surface area contributed by atoms with Crippen LogP contribution in [0.15, 0.2) is 5.18 Å². The van der Waals surface area contributed by atoms with Crippen molar-refractivity contribution >= 4 is 0 Å². The number of ether oxygens (including phenoxy) is 2. The van der Waals surface area contributed by atoms with Crippen molar-refractivity contribution in [1.82, 2.24) is 0 Å². The largest absolute Gasteiger partial charge is 0.366 e. The minimum Gasteiger partial charge on any atom is -0.366 e. The molecular formula is C4H7NO4. The van der Waals surface area contributed by atoms with Crippen LogP contribution in [0.3, 0.4) is 0 Å². The normalized spacial score (nSPS) is 36.1. The minimum absolute atomic E-state index is 0.0242. The van der Waals surface area contributed by atoms with Gasteiger partial charge in [0.15, 0.2) is 6.29 Å². The number of aliphatic hydroxyl groups is 1. The fourth-order valence-corrected chi connectivity index (χ4v) is 0.544. The van der Waals surface area contributed by atoms with Gasteiger partial charge in [0.2, 0.25) is 6.23 Å². The highest BCUT2D eigenvalue weighted by atomic mass is 16.7. The molecule has 1 saturated heterocycles. The minimum atomic E-state index is -0.900. The molecule has 0 spiro atoms. The molecule has 0 saturated carbocycles. The van der Waals surface area contributed by atoms with Crippen LogP contribution in [0.1, 0.15) is 0 Å². The van der Waals surface area contributed by atoms with Gasteiger partial charge in [-0.2, -0.15) is 0 Å². The maximum Gasteiger partial charge on any atom is 0.213 e. The summed E-state index contributed by atoms with van der Waals surface area (Å²) >= 11 is 0. The van der Waals surface area contributed by atoms with Gasteiger partial charge in [0, 0.05) is 0 Å². The Labute approximate surface area is 51.5 Å². The zero-order chi connectivity index (χ0) is 6.69. The number of hydrogen-bond acceptors (Lipinski definition) is 5. The predicted octanol–water partition coefficient (Wildman–Crippen LogP) is -0.556. The van der Waals surface area contributed by atoms with Crippen molar-refractivity contribution in [2.75, 3.05) is 13.2 Å². The Kier molecular flexibility index (Phi) is 2.10. The molecule has 2 unspecified atom stereocenters. The summed E-state index contributed by atoms with van der Waals surface area (Å²) in [6, 6.07) is 0. The monoisotopic (exact) mass is 133 g/mol. The van der Waals surface area contributed by atoms with E-state index >= 15 is 0 Å². The van der Waals surface area contributed by atoms with E-state index in [1.54, 1.807) is 0 Å². The van der Waals surface area contributed by atoms with Gasteiger partial charge in [-0.05, 0) is 5.18 Å². The van der Waals surface area contributed by atoms with Crippen LogP contribution in [-0.2, 0) is 9.47 Å². The lowest BCUT2D eigenvalue weighted by Crippen LogP contribution is -2.33. The molecule has 0 aromatic rings. The first-order valence-electron chi connectivity index (χ1n) is 2.56. The van der Waals surface area contributed by atoms with Crippen molar-refractivity contribution in [1.29, 1.82) is 0 Å². The molecule has 0 bridgehead atoms. The lowest BCUT2D eigenvalue weighted by molar-refractivity contribution is -0.210. The Morgan fingerprint density at radius 1 is 1.44 bits per heavy atom. The first-order valence-corrected chi connectivity index (χ1v) is 2.56. The molecule has 0 amide bonds. The highest BCUT2D eigenvalue weighted by Crippen LogP contribution is 2.04. The molecule has 0 aliphatic carbocycles. The van der Waals surface area contributed by atoms with Crippen LogP contribution >= 0.6 is 0 Å². The van der Waals surface area contributed by atoms with Crippen LogP contribution in [0.25, 0.3) is 0 Å². The Morgan fingerprint density at radius 2 is 2.22 bits per heavy atom. The van der Waals surface area contributed by atoms with Gasteiger partial charge in [0.25, 0.3) is 0 Å². The standard InChI is InChI=1S/C4H7NO4/c6-4-2-8-3(5-7)1-9-4/h3-4,6H,1-2H2. The van der Waals surface area contributed by atoms with Crippen molar-refractivity contribution in [3.05, 3.63) is 4.91 Å². The van der Waals surface area contributed by atoms with Crippen LogP contribution < -0.4 is 0 Å². The second-order valence-corrected chi connectivity index (χ2v) is 1.68. The van der Waals surface area contributed by atoms with Crippen LogP contribution in [0.4, 0.5) is 0 Å². The zero-order valence-electron chi connectivity index (χ0n) is 4.69. The molecule has 2 atom stereocenters. The van der Waals surface area contributed by atoms with Crippen LogP contribution in [-0.4, -0.2) is 30.8 Å². The SMILES string of the molecule is O=NC1COC(O)CO1. The summed E-state index contributed by atoms with van der Waals surface area (Å²) in [5.41, 5.74) is 0. The van der Waals surface area contributed by atoms with Gasteiger partial charge in [-0.1, -0.05) is 0 Å². The third-order valence-corrected chi connectivity index (χ3v) is 0.980. The van der Waals surface area contributed by atoms with E-state index in [2.05, 4.69) is 14.7 Å². The summed E-state index contributed by atoms with van der Waals surface area (Å²) in [7, 11) is 0. The summed E-state index contributed by atoms with van der Waals surface area (Å²) in [5.74, 6) is 0. The average molecular weight is 133 g/mol. The third kappa shape index (κ3) is 1.70. The Balaban J connectivity index is 2.26. The van der Waals surface area contributed by atoms with Gasteiger partial charge in [0.1, 0.15) is 13.2 Å². The molecule has 0 aromatic carbocycles. The van der Waals surface area contributed by atoms with Gasteiger partial charge in [-0.3, -0.25) is 0 Å². The van der Waals surface area contributed by atoms with E-state index in [-0.39, 0.29) is 13.2 Å². The van der Waals surface area contributed by atoms with E-state index < -0.39 is 12.5 Å². The van der Waals surface area contributed by atoms with Gasteiger partial charge < -0.3 is 14.6 Å². The molecule has 52 valence electrons. The topological polar surface area (TPSA) is 68.1 Å². The number of rotatable bonds is 1. The number of hydrogen-bond donors (Lipinski definition) is 1. The Morgan fingerprint density at radius 3 is 2.67 bits per heavy atom. The molecular weight excluding hydrogens is 126 g/mol. The third-order valence-electron chi connectivity index (χ3n) is 0.980. The molecule has 1 N–H and O–H groups in total. The first-order chi connectivity index (χ1) is 4.33. The number of aliphatic hydroxyl groups excluding tert-OH is 1. The van der Waals surface area contributed by atoms with Crippen molar-refractivity contribution in [2.24, 2.45) is 5.18 Å². The Hall–Kier alpha value is -0.520. The highest BCUT2D eigenvalue weighted by molar-refractivity contribution is 4.57. The fraction of sp³-hybridized carbons (Fsp3) is 1.00. The van der Waals surface area contributed by atoms with Crippen molar-refractivity contribution in [2.45, 2.75) is 12.5 Å². The number of nitrogens with zero attached hydrogens (tertiary/aromatic N) is 1. The van der Waals surface area contributed by atoms with Gasteiger partial charge in [-0.25, -0.2) is 0 Å². The number of nitroso groups, excluding NO2 is 1. The second kappa shape index (κ2) is 2.86. The van der Waals surface area contributed by atoms with E-state index in [0.29, 0.717) is 0 Å². The molecule has 5 heteroatoms. The van der Waals surface area contributed by atoms with Gasteiger partial charge in [-0.15, -0.1) is 4.91 Å². The van der Waals surface area contributed by atoms with Gasteiger partial charge in [0.05, 0.1) is 0 Å². The molecule has 1 fully saturated rings. The summed E-state index contributed by atoms with van der Waals surface area (Å²) in [4.78, 5) is 9.73. The lowest BCUT2D eigenvalue weighted by atomic mass is 10.5. The van der Waals surface area contributed by atoms with Crippen LogP contribution in [0, 0.1) is 4.91 Å². The maximum absolute atomic E-state index is 9.73. The molecule has 1 aliphatic rings. The molecule has 1 aliphatic heterocycles. The fourth-order valence-electron chi connectivity index (χ4n) is 0.544. The van der Waals surface area contributed by atoms with E-state index in [9.17, 15) is 4.91 Å². The first kappa shape index (κ1) is 6.60. The highest BCUT2D eigenvalue weighted by Gasteiger charge is 2.19. The lowest BCUT2D eigenvalue weighted by Gasteiger charge is -2.21.